The predicted octanol–water partition coefficient (Wildman–Crippen LogP) is 7.51. The summed E-state index contributed by atoms with van der Waals surface area (Å²) < 4.78 is 5.76. The number of rotatable bonds is 5. The van der Waals surface area contributed by atoms with E-state index in [-0.39, 0.29) is 5.91 Å². The van der Waals surface area contributed by atoms with Crippen LogP contribution in [0.25, 0.3) is 11.3 Å². The van der Waals surface area contributed by atoms with Crippen molar-refractivity contribution in [3.8, 4) is 11.3 Å². The molecule has 0 unspecified atom stereocenters. The second kappa shape index (κ2) is 8.82. The van der Waals surface area contributed by atoms with Gasteiger partial charge in [-0.3, -0.25) is 10.1 Å². The van der Waals surface area contributed by atoms with E-state index in [9.17, 15) is 4.79 Å². The average Bonchev–Trinajstić information content (AvgIpc) is 3.32. The Balaban J connectivity index is 1.49. The molecule has 1 amide bonds. The predicted molar refractivity (Wildman–Crippen MR) is 123 cm³/mol. The standard InChI is InChI=1S/C22H15Cl3N2O2S/c1-12-16(10-20(29-12)14-6-7-18(24)19(25)9-14)21(28)27-22-26-11-15(30-22)8-13-4-2-3-5-17(13)23/h2-7,9-11H,8H2,1H3,(H,26,27,28). The fourth-order valence-corrected chi connectivity index (χ4v) is 4.27. The Kier molecular flexibility index (Phi) is 6.16. The minimum absolute atomic E-state index is 0.291. The monoisotopic (exact) mass is 476 g/mol. The zero-order valence-corrected chi connectivity index (χ0v) is 18.8. The molecule has 8 heteroatoms. The SMILES string of the molecule is Cc1oc(-c2ccc(Cl)c(Cl)c2)cc1C(=O)Nc1ncc(Cc2ccccc2Cl)s1. The molecule has 0 aliphatic heterocycles. The van der Waals surface area contributed by atoms with Crippen molar-refractivity contribution in [2.75, 3.05) is 5.32 Å². The maximum absolute atomic E-state index is 12.7. The number of benzene rings is 2. The van der Waals surface area contributed by atoms with Crippen LogP contribution < -0.4 is 5.32 Å². The van der Waals surface area contributed by atoms with E-state index in [1.807, 2.05) is 24.3 Å². The Bertz CT molecular complexity index is 1230. The van der Waals surface area contributed by atoms with Gasteiger partial charge in [-0.05, 0) is 42.8 Å². The molecule has 0 saturated heterocycles. The van der Waals surface area contributed by atoms with Gasteiger partial charge >= 0.3 is 0 Å². The number of thiazole rings is 1. The van der Waals surface area contributed by atoms with Crippen molar-refractivity contribution in [1.29, 1.82) is 0 Å². The van der Waals surface area contributed by atoms with Crippen LogP contribution in [0.2, 0.25) is 15.1 Å². The van der Waals surface area contributed by atoms with Crippen LogP contribution in [0.5, 0.6) is 0 Å². The zero-order valence-electron chi connectivity index (χ0n) is 15.7. The van der Waals surface area contributed by atoms with Crippen molar-refractivity contribution in [3.63, 3.8) is 0 Å². The molecule has 4 nitrogen and oxygen atoms in total. The molecule has 0 aliphatic rings. The summed E-state index contributed by atoms with van der Waals surface area (Å²) in [6.07, 6.45) is 2.40. The van der Waals surface area contributed by atoms with Crippen molar-refractivity contribution < 1.29 is 9.21 Å². The lowest BCUT2D eigenvalue weighted by Gasteiger charge is -2.01. The first kappa shape index (κ1) is 20.9. The van der Waals surface area contributed by atoms with E-state index in [4.69, 9.17) is 39.2 Å². The summed E-state index contributed by atoms with van der Waals surface area (Å²) in [7, 11) is 0. The van der Waals surface area contributed by atoms with Crippen LogP contribution in [0.1, 0.15) is 26.6 Å². The van der Waals surface area contributed by atoms with Gasteiger partial charge in [0.1, 0.15) is 11.5 Å². The van der Waals surface area contributed by atoms with Crippen molar-refractivity contribution >= 4 is 57.2 Å². The molecule has 0 atom stereocenters. The summed E-state index contributed by atoms with van der Waals surface area (Å²) in [6.45, 7) is 1.74. The highest BCUT2D eigenvalue weighted by molar-refractivity contribution is 7.15. The molecular formula is C22H15Cl3N2O2S. The number of halogens is 3. The first-order valence-corrected chi connectivity index (χ1v) is 10.9. The smallest absolute Gasteiger partial charge is 0.261 e. The molecule has 0 spiro atoms. The van der Waals surface area contributed by atoms with E-state index in [2.05, 4.69) is 10.3 Å². The van der Waals surface area contributed by atoms with Crippen molar-refractivity contribution in [2.24, 2.45) is 0 Å². The number of aryl methyl sites for hydroxylation is 1. The molecular weight excluding hydrogens is 463 g/mol. The summed E-state index contributed by atoms with van der Waals surface area (Å²) in [4.78, 5) is 18.1. The van der Waals surface area contributed by atoms with Gasteiger partial charge in [-0.2, -0.15) is 0 Å². The normalized spacial score (nSPS) is 10.9. The molecule has 2 heterocycles. The summed E-state index contributed by atoms with van der Waals surface area (Å²) in [5.74, 6) is 0.748. The van der Waals surface area contributed by atoms with Gasteiger partial charge in [-0.1, -0.05) is 53.0 Å². The van der Waals surface area contributed by atoms with Gasteiger partial charge in [0.15, 0.2) is 5.13 Å². The van der Waals surface area contributed by atoms with Crippen LogP contribution in [-0.2, 0) is 6.42 Å². The van der Waals surface area contributed by atoms with Gasteiger partial charge in [-0.15, -0.1) is 11.3 Å². The highest BCUT2D eigenvalue weighted by Gasteiger charge is 2.18. The second-order valence-corrected chi connectivity index (χ2v) is 8.90. The number of aromatic nitrogens is 1. The van der Waals surface area contributed by atoms with E-state index in [1.54, 1.807) is 37.4 Å². The minimum Gasteiger partial charge on any atom is -0.461 e. The fourth-order valence-electron chi connectivity index (χ4n) is 2.94. The van der Waals surface area contributed by atoms with Crippen LogP contribution in [0, 0.1) is 6.92 Å². The largest absolute Gasteiger partial charge is 0.461 e. The third kappa shape index (κ3) is 4.55. The number of nitrogens with one attached hydrogen (secondary N) is 1. The van der Waals surface area contributed by atoms with Crippen molar-refractivity contribution in [3.05, 3.63) is 91.6 Å². The maximum Gasteiger partial charge on any atom is 0.261 e. The van der Waals surface area contributed by atoms with Gasteiger partial charge in [0.05, 0.1) is 15.6 Å². The fraction of sp³-hybridized carbons (Fsp3) is 0.0909. The maximum atomic E-state index is 12.7. The Morgan fingerprint density at radius 2 is 1.87 bits per heavy atom. The number of hydrogen-bond donors (Lipinski definition) is 1. The summed E-state index contributed by atoms with van der Waals surface area (Å²) >= 11 is 19.7. The molecule has 0 fully saturated rings. The number of carbonyl (C=O) groups is 1. The summed E-state index contributed by atoms with van der Waals surface area (Å²) in [5, 5.41) is 4.93. The van der Waals surface area contributed by atoms with Crippen LogP contribution in [-0.4, -0.2) is 10.9 Å². The number of amides is 1. The lowest BCUT2D eigenvalue weighted by atomic mass is 10.1. The molecule has 0 aliphatic carbocycles. The zero-order chi connectivity index (χ0) is 21.3. The van der Waals surface area contributed by atoms with Gasteiger partial charge in [-0.25, -0.2) is 4.98 Å². The second-order valence-electron chi connectivity index (χ2n) is 6.56. The van der Waals surface area contributed by atoms with Crippen LogP contribution in [0.15, 0.2) is 59.1 Å². The molecule has 4 rings (SSSR count). The molecule has 30 heavy (non-hydrogen) atoms. The van der Waals surface area contributed by atoms with E-state index in [0.29, 0.717) is 43.7 Å². The highest BCUT2D eigenvalue weighted by Crippen LogP contribution is 2.31. The third-order valence-corrected chi connectivity index (χ3v) is 6.48. The van der Waals surface area contributed by atoms with E-state index >= 15 is 0 Å². The van der Waals surface area contributed by atoms with E-state index in [1.165, 1.54) is 11.3 Å². The summed E-state index contributed by atoms with van der Waals surface area (Å²) in [6, 6.07) is 14.5. The Morgan fingerprint density at radius 1 is 1.07 bits per heavy atom. The number of furan rings is 1. The molecule has 2 aromatic carbocycles. The first-order chi connectivity index (χ1) is 14.4. The number of carbonyl (C=O) groups excluding carboxylic acids is 1. The van der Waals surface area contributed by atoms with E-state index < -0.39 is 0 Å². The van der Waals surface area contributed by atoms with Crippen molar-refractivity contribution in [2.45, 2.75) is 13.3 Å². The number of hydrogen-bond acceptors (Lipinski definition) is 4. The van der Waals surface area contributed by atoms with Crippen LogP contribution >= 0.6 is 46.1 Å². The van der Waals surface area contributed by atoms with Crippen LogP contribution in [0.4, 0.5) is 5.13 Å². The van der Waals surface area contributed by atoms with E-state index in [0.717, 1.165) is 16.0 Å². The highest BCUT2D eigenvalue weighted by atomic mass is 35.5. The summed E-state index contributed by atoms with van der Waals surface area (Å²) in [5.41, 5.74) is 2.18. The molecule has 0 saturated carbocycles. The number of anilines is 1. The van der Waals surface area contributed by atoms with Gasteiger partial charge in [0, 0.05) is 28.1 Å². The molecule has 2 aromatic heterocycles. The number of nitrogens with zero attached hydrogens (tertiary/aromatic N) is 1. The van der Waals surface area contributed by atoms with Gasteiger partial charge in [0.2, 0.25) is 0 Å². The van der Waals surface area contributed by atoms with Crippen LogP contribution in [0.3, 0.4) is 0 Å². The van der Waals surface area contributed by atoms with Crippen molar-refractivity contribution in [1.82, 2.24) is 4.98 Å². The Hall–Kier alpha value is -2.31. The molecule has 0 radical (unpaired) electrons. The molecule has 4 aromatic rings. The topological polar surface area (TPSA) is 55.1 Å². The lowest BCUT2D eigenvalue weighted by molar-refractivity contribution is 0.102. The van der Waals surface area contributed by atoms with Gasteiger partial charge in [0.25, 0.3) is 5.91 Å². The minimum atomic E-state index is -0.291. The molecule has 1 N–H and O–H groups in total. The first-order valence-electron chi connectivity index (χ1n) is 8.96. The Labute approximate surface area is 192 Å². The quantitative estimate of drug-likeness (QED) is 0.323. The molecule has 0 bridgehead atoms. The lowest BCUT2D eigenvalue weighted by Crippen LogP contribution is -2.11. The molecule has 152 valence electrons. The third-order valence-electron chi connectivity index (χ3n) is 4.46. The average molecular weight is 478 g/mol. The van der Waals surface area contributed by atoms with Gasteiger partial charge < -0.3 is 4.42 Å². The Morgan fingerprint density at radius 3 is 2.63 bits per heavy atom.